The average molecular weight is 258 g/mol. The summed E-state index contributed by atoms with van der Waals surface area (Å²) in [5.41, 5.74) is 1.48. The van der Waals surface area contributed by atoms with Crippen LogP contribution in [0.25, 0.3) is 10.6 Å². The number of nitrogens with zero attached hydrogens (tertiary/aromatic N) is 2. The number of aromatic nitrogens is 1. The van der Waals surface area contributed by atoms with E-state index in [0.717, 1.165) is 10.6 Å². The summed E-state index contributed by atoms with van der Waals surface area (Å²) >= 11 is 1.28. The monoisotopic (exact) mass is 258 g/mol. The van der Waals surface area contributed by atoms with Crippen LogP contribution in [-0.2, 0) is 4.74 Å². The van der Waals surface area contributed by atoms with Crippen molar-refractivity contribution in [2.75, 3.05) is 6.61 Å². The Morgan fingerprint density at radius 3 is 2.78 bits per heavy atom. The Kier molecular flexibility index (Phi) is 3.70. The van der Waals surface area contributed by atoms with Gasteiger partial charge in [-0.05, 0) is 19.1 Å². The van der Waals surface area contributed by atoms with Gasteiger partial charge in [0.2, 0.25) is 0 Å². The summed E-state index contributed by atoms with van der Waals surface area (Å²) in [6, 6.07) is 9.12. The SMILES string of the molecule is CCOC(=O)c1cnc(-c2ccc(C#N)cc2)s1. The van der Waals surface area contributed by atoms with Crippen LogP contribution in [0.5, 0.6) is 0 Å². The molecule has 0 spiro atoms. The van der Waals surface area contributed by atoms with Gasteiger partial charge in [0.05, 0.1) is 24.4 Å². The molecule has 2 aromatic rings. The lowest BCUT2D eigenvalue weighted by atomic mass is 10.1. The first-order chi connectivity index (χ1) is 8.74. The van der Waals surface area contributed by atoms with Crippen molar-refractivity contribution in [2.45, 2.75) is 6.92 Å². The van der Waals surface area contributed by atoms with Crippen molar-refractivity contribution in [1.82, 2.24) is 4.98 Å². The Hall–Kier alpha value is -2.19. The van der Waals surface area contributed by atoms with E-state index in [1.165, 1.54) is 17.5 Å². The van der Waals surface area contributed by atoms with Crippen molar-refractivity contribution in [3.05, 3.63) is 40.9 Å². The van der Waals surface area contributed by atoms with E-state index in [-0.39, 0.29) is 5.97 Å². The number of carbonyl (C=O) groups excluding carboxylic acids is 1. The predicted octanol–water partition coefficient (Wildman–Crippen LogP) is 2.86. The molecule has 0 fully saturated rings. The minimum Gasteiger partial charge on any atom is -0.462 e. The number of esters is 1. The van der Waals surface area contributed by atoms with E-state index in [1.807, 2.05) is 12.1 Å². The molecular formula is C13H10N2O2S. The molecule has 0 saturated heterocycles. The lowest BCUT2D eigenvalue weighted by Gasteiger charge is -1.96. The van der Waals surface area contributed by atoms with Crippen LogP contribution in [0.3, 0.4) is 0 Å². The third-order valence-corrected chi connectivity index (χ3v) is 3.27. The van der Waals surface area contributed by atoms with Crippen molar-refractivity contribution in [3.8, 4) is 16.6 Å². The molecule has 0 saturated carbocycles. The molecule has 0 aliphatic carbocycles. The maximum Gasteiger partial charge on any atom is 0.349 e. The number of hydrogen-bond donors (Lipinski definition) is 0. The molecule has 0 unspecified atom stereocenters. The normalized spacial score (nSPS) is 9.78. The van der Waals surface area contributed by atoms with Gasteiger partial charge in [-0.25, -0.2) is 9.78 Å². The van der Waals surface area contributed by atoms with Gasteiger partial charge in [-0.3, -0.25) is 0 Å². The van der Waals surface area contributed by atoms with Crippen molar-refractivity contribution in [2.24, 2.45) is 0 Å². The van der Waals surface area contributed by atoms with Crippen LogP contribution < -0.4 is 0 Å². The average Bonchev–Trinajstić information content (AvgIpc) is 2.89. The summed E-state index contributed by atoms with van der Waals surface area (Å²) in [4.78, 5) is 16.2. The number of carbonyl (C=O) groups is 1. The Labute approximate surface area is 108 Å². The number of ether oxygens (including phenoxy) is 1. The Morgan fingerprint density at radius 1 is 1.44 bits per heavy atom. The van der Waals surface area contributed by atoms with E-state index in [0.29, 0.717) is 17.0 Å². The quantitative estimate of drug-likeness (QED) is 0.794. The maximum absolute atomic E-state index is 11.5. The largest absolute Gasteiger partial charge is 0.462 e. The lowest BCUT2D eigenvalue weighted by Crippen LogP contribution is -2.01. The first-order valence-electron chi connectivity index (χ1n) is 5.38. The van der Waals surface area contributed by atoms with E-state index in [9.17, 15) is 4.79 Å². The Morgan fingerprint density at radius 2 is 2.17 bits per heavy atom. The summed E-state index contributed by atoms with van der Waals surface area (Å²) < 4.78 is 4.90. The zero-order valence-corrected chi connectivity index (χ0v) is 10.5. The molecule has 0 amide bonds. The predicted molar refractivity (Wildman–Crippen MR) is 68.2 cm³/mol. The molecule has 2 rings (SSSR count). The van der Waals surface area contributed by atoms with E-state index < -0.39 is 0 Å². The number of nitriles is 1. The van der Waals surface area contributed by atoms with Gasteiger partial charge >= 0.3 is 5.97 Å². The Balaban J connectivity index is 2.24. The fraction of sp³-hybridized carbons (Fsp3) is 0.154. The summed E-state index contributed by atoms with van der Waals surface area (Å²) in [7, 11) is 0. The van der Waals surface area contributed by atoms with Crippen LogP contribution in [-0.4, -0.2) is 17.6 Å². The molecule has 0 N–H and O–H groups in total. The molecule has 1 heterocycles. The molecule has 5 heteroatoms. The molecule has 0 bridgehead atoms. The van der Waals surface area contributed by atoms with Crippen molar-refractivity contribution >= 4 is 17.3 Å². The molecule has 0 radical (unpaired) electrons. The minimum atomic E-state index is -0.352. The molecule has 0 aliphatic heterocycles. The van der Waals surface area contributed by atoms with Gasteiger partial charge in [0, 0.05) is 5.56 Å². The van der Waals surface area contributed by atoms with Gasteiger partial charge in [0.25, 0.3) is 0 Å². The van der Waals surface area contributed by atoms with Crippen LogP contribution >= 0.6 is 11.3 Å². The highest BCUT2D eigenvalue weighted by Gasteiger charge is 2.12. The smallest absolute Gasteiger partial charge is 0.349 e. The van der Waals surface area contributed by atoms with Crippen LogP contribution in [0.4, 0.5) is 0 Å². The Bertz CT molecular complexity index is 596. The third-order valence-electron chi connectivity index (χ3n) is 2.24. The van der Waals surface area contributed by atoms with Crippen molar-refractivity contribution in [1.29, 1.82) is 5.26 Å². The highest BCUT2D eigenvalue weighted by molar-refractivity contribution is 7.16. The summed E-state index contributed by atoms with van der Waals surface area (Å²) in [5, 5.41) is 9.45. The number of thiazole rings is 1. The molecule has 1 aromatic carbocycles. The molecule has 4 nitrogen and oxygen atoms in total. The molecular weight excluding hydrogens is 248 g/mol. The first kappa shape index (κ1) is 12.3. The highest BCUT2D eigenvalue weighted by Crippen LogP contribution is 2.25. The number of benzene rings is 1. The molecule has 1 aromatic heterocycles. The number of hydrogen-bond acceptors (Lipinski definition) is 5. The van der Waals surface area contributed by atoms with Gasteiger partial charge < -0.3 is 4.74 Å². The van der Waals surface area contributed by atoms with Gasteiger partial charge in [0.1, 0.15) is 9.88 Å². The van der Waals surface area contributed by atoms with E-state index >= 15 is 0 Å². The van der Waals surface area contributed by atoms with E-state index in [4.69, 9.17) is 10.00 Å². The lowest BCUT2D eigenvalue weighted by molar-refractivity contribution is 0.0532. The van der Waals surface area contributed by atoms with Crippen molar-refractivity contribution < 1.29 is 9.53 Å². The second kappa shape index (κ2) is 5.43. The molecule has 0 aliphatic rings. The van der Waals surface area contributed by atoms with Crippen LogP contribution in [0, 0.1) is 11.3 Å². The van der Waals surface area contributed by atoms with Gasteiger partial charge in [-0.15, -0.1) is 11.3 Å². The summed E-state index contributed by atoms with van der Waals surface area (Å²) in [5.74, 6) is -0.352. The fourth-order valence-corrected chi connectivity index (χ4v) is 2.21. The second-order valence-corrected chi connectivity index (χ2v) is 4.47. The fourth-order valence-electron chi connectivity index (χ4n) is 1.39. The van der Waals surface area contributed by atoms with Crippen LogP contribution in [0.1, 0.15) is 22.2 Å². The third kappa shape index (κ3) is 2.55. The van der Waals surface area contributed by atoms with Gasteiger partial charge in [-0.2, -0.15) is 5.26 Å². The molecule has 18 heavy (non-hydrogen) atoms. The van der Waals surface area contributed by atoms with Crippen LogP contribution in [0.15, 0.2) is 30.5 Å². The molecule has 90 valence electrons. The minimum absolute atomic E-state index is 0.350. The van der Waals surface area contributed by atoms with Gasteiger partial charge in [0.15, 0.2) is 0 Å². The van der Waals surface area contributed by atoms with Crippen LogP contribution in [0.2, 0.25) is 0 Å². The number of rotatable bonds is 3. The zero-order chi connectivity index (χ0) is 13.0. The standard InChI is InChI=1S/C13H10N2O2S/c1-2-17-13(16)11-8-15-12(18-11)10-5-3-9(7-14)4-6-10/h3-6,8H,2H2,1H3. The summed E-state index contributed by atoms with van der Waals surface area (Å²) in [6.45, 7) is 2.11. The van der Waals surface area contributed by atoms with Gasteiger partial charge in [-0.1, -0.05) is 12.1 Å². The maximum atomic E-state index is 11.5. The zero-order valence-electron chi connectivity index (χ0n) is 9.71. The molecule has 0 atom stereocenters. The topological polar surface area (TPSA) is 63.0 Å². The van der Waals surface area contributed by atoms with Crippen molar-refractivity contribution in [3.63, 3.8) is 0 Å². The first-order valence-corrected chi connectivity index (χ1v) is 6.19. The van der Waals surface area contributed by atoms with E-state index in [2.05, 4.69) is 11.1 Å². The summed E-state index contributed by atoms with van der Waals surface area (Å²) in [6.07, 6.45) is 1.51. The highest BCUT2D eigenvalue weighted by atomic mass is 32.1. The second-order valence-electron chi connectivity index (χ2n) is 3.44. The van der Waals surface area contributed by atoms with E-state index in [1.54, 1.807) is 19.1 Å².